The lowest BCUT2D eigenvalue weighted by Gasteiger charge is -2.19. The van der Waals surface area contributed by atoms with Crippen LogP contribution in [-0.2, 0) is 13.6 Å². The SMILES string of the molecule is COc1ccc(CN(C)C(=O)c2sc3ncn(C)c(=O)c3c2C)c(OC)c1. The minimum atomic E-state index is -0.157. The van der Waals surface area contributed by atoms with Crippen LogP contribution >= 0.6 is 11.3 Å². The molecule has 1 amide bonds. The molecule has 3 aromatic rings. The fourth-order valence-electron chi connectivity index (χ4n) is 2.90. The van der Waals surface area contributed by atoms with Crippen LogP contribution in [0.1, 0.15) is 20.8 Å². The van der Waals surface area contributed by atoms with Crippen molar-refractivity contribution in [2.45, 2.75) is 13.5 Å². The molecule has 0 N–H and O–H groups in total. The molecule has 0 radical (unpaired) electrons. The number of thiophene rings is 1. The van der Waals surface area contributed by atoms with E-state index in [-0.39, 0.29) is 11.5 Å². The Hall–Kier alpha value is -2.87. The average Bonchev–Trinajstić information content (AvgIpc) is 3.01. The van der Waals surface area contributed by atoms with Gasteiger partial charge in [0.2, 0.25) is 0 Å². The third-order valence-corrected chi connectivity index (χ3v) is 5.64. The van der Waals surface area contributed by atoms with Gasteiger partial charge in [-0.1, -0.05) is 0 Å². The maximum absolute atomic E-state index is 13.0. The second kappa shape index (κ2) is 7.40. The molecule has 142 valence electrons. The number of ether oxygens (including phenoxy) is 2. The van der Waals surface area contributed by atoms with E-state index in [9.17, 15) is 9.59 Å². The van der Waals surface area contributed by atoms with Crippen LogP contribution in [0, 0.1) is 6.92 Å². The Labute approximate surface area is 160 Å². The number of methoxy groups -OCH3 is 2. The summed E-state index contributed by atoms with van der Waals surface area (Å²) in [4.78, 5) is 32.3. The van der Waals surface area contributed by atoms with Gasteiger partial charge in [0.15, 0.2) is 0 Å². The van der Waals surface area contributed by atoms with Crippen molar-refractivity contribution in [2.24, 2.45) is 7.05 Å². The third-order valence-electron chi connectivity index (χ3n) is 4.45. The summed E-state index contributed by atoms with van der Waals surface area (Å²) < 4.78 is 12.0. The Kier molecular flexibility index (Phi) is 5.18. The number of hydrogen-bond acceptors (Lipinski definition) is 6. The molecule has 0 spiro atoms. The van der Waals surface area contributed by atoms with Crippen molar-refractivity contribution in [2.75, 3.05) is 21.3 Å². The fraction of sp³-hybridized carbons (Fsp3) is 0.316. The van der Waals surface area contributed by atoms with E-state index in [1.807, 2.05) is 12.1 Å². The van der Waals surface area contributed by atoms with Gasteiger partial charge in [0.25, 0.3) is 11.5 Å². The van der Waals surface area contributed by atoms with Crippen molar-refractivity contribution in [1.82, 2.24) is 14.5 Å². The van der Waals surface area contributed by atoms with E-state index in [4.69, 9.17) is 9.47 Å². The largest absolute Gasteiger partial charge is 0.497 e. The first-order valence-corrected chi connectivity index (χ1v) is 9.10. The number of aromatic nitrogens is 2. The van der Waals surface area contributed by atoms with Crippen LogP contribution in [0.25, 0.3) is 10.2 Å². The van der Waals surface area contributed by atoms with Crippen molar-refractivity contribution >= 4 is 27.5 Å². The smallest absolute Gasteiger partial charge is 0.264 e. The highest BCUT2D eigenvalue weighted by Gasteiger charge is 2.22. The molecule has 27 heavy (non-hydrogen) atoms. The molecule has 8 heteroatoms. The minimum Gasteiger partial charge on any atom is -0.497 e. The van der Waals surface area contributed by atoms with Crippen LogP contribution in [0.5, 0.6) is 11.5 Å². The minimum absolute atomic E-state index is 0.146. The predicted molar refractivity (Wildman–Crippen MR) is 105 cm³/mol. The molecule has 2 aromatic heterocycles. The predicted octanol–water partition coefficient (Wildman–Crippen LogP) is 2.59. The number of amides is 1. The van der Waals surface area contributed by atoms with E-state index >= 15 is 0 Å². The first-order chi connectivity index (χ1) is 12.9. The van der Waals surface area contributed by atoms with Gasteiger partial charge in [-0.2, -0.15) is 0 Å². The Morgan fingerprint density at radius 1 is 1.30 bits per heavy atom. The zero-order valence-corrected chi connectivity index (χ0v) is 16.7. The molecule has 1 aromatic carbocycles. The van der Waals surface area contributed by atoms with Crippen LogP contribution in [0.15, 0.2) is 29.3 Å². The van der Waals surface area contributed by atoms with Crippen molar-refractivity contribution in [1.29, 1.82) is 0 Å². The molecular formula is C19H21N3O4S. The zero-order chi connectivity index (χ0) is 19.7. The van der Waals surface area contributed by atoms with Crippen molar-refractivity contribution in [3.8, 4) is 11.5 Å². The third kappa shape index (κ3) is 3.40. The summed E-state index contributed by atoms with van der Waals surface area (Å²) in [5.41, 5.74) is 1.39. The Morgan fingerprint density at radius 2 is 2.04 bits per heavy atom. The van der Waals surface area contributed by atoms with Gasteiger partial charge in [-0.05, 0) is 24.6 Å². The number of aryl methyl sites for hydroxylation is 2. The van der Waals surface area contributed by atoms with Gasteiger partial charge in [-0.15, -0.1) is 11.3 Å². The summed E-state index contributed by atoms with van der Waals surface area (Å²) in [6.45, 7) is 2.15. The van der Waals surface area contributed by atoms with E-state index in [0.717, 1.165) is 5.56 Å². The normalized spacial score (nSPS) is 10.9. The van der Waals surface area contributed by atoms with Crippen molar-refractivity contribution in [3.05, 3.63) is 50.9 Å². The van der Waals surface area contributed by atoms with Gasteiger partial charge in [-0.25, -0.2) is 4.98 Å². The summed E-state index contributed by atoms with van der Waals surface area (Å²) >= 11 is 1.24. The Balaban J connectivity index is 1.93. The van der Waals surface area contributed by atoms with Gasteiger partial charge < -0.3 is 18.9 Å². The van der Waals surface area contributed by atoms with Crippen molar-refractivity contribution < 1.29 is 14.3 Å². The number of hydrogen-bond donors (Lipinski definition) is 0. The maximum atomic E-state index is 13.0. The first kappa shape index (κ1) is 18.9. The van der Waals surface area contributed by atoms with E-state index in [2.05, 4.69) is 4.98 Å². The lowest BCUT2D eigenvalue weighted by Crippen LogP contribution is -2.26. The van der Waals surface area contributed by atoms with Crippen LogP contribution < -0.4 is 15.0 Å². The van der Waals surface area contributed by atoms with Crippen LogP contribution in [0.3, 0.4) is 0 Å². The molecule has 0 aliphatic carbocycles. The Morgan fingerprint density at radius 3 is 2.70 bits per heavy atom. The van der Waals surface area contributed by atoms with Gasteiger partial charge >= 0.3 is 0 Å². The quantitative estimate of drug-likeness (QED) is 0.673. The fourth-order valence-corrected chi connectivity index (χ4v) is 4.03. The summed E-state index contributed by atoms with van der Waals surface area (Å²) in [5.74, 6) is 1.18. The molecule has 0 saturated carbocycles. The molecule has 0 bridgehead atoms. The van der Waals surface area contributed by atoms with Gasteiger partial charge in [0.05, 0.1) is 30.8 Å². The molecular weight excluding hydrogens is 366 g/mol. The lowest BCUT2D eigenvalue weighted by atomic mass is 10.1. The van der Waals surface area contributed by atoms with E-state index in [1.165, 1.54) is 22.2 Å². The summed E-state index contributed by atoms with van der Waals surface area (Å²) in [6, 6.07) is 5.48. The molecule has 7 nitrogen and oxygen atoms in total. The van der Waals surface area contributed by atoms with Gasteiger partial charge in [-0.3, -0.25) is 9.59 Å². The first-order valence-electron chi connectivity index (χ1n) is 8.28. The molecule has 0 atom stereocenters. The summed E-state index contributed by atoms with van der Waals surface area (Å²) in [7, 11) is 6.54. The second-order valence-electron chi connectivity index (χ2n) is 6.24. The zero-order valence-electron chi connectivity index (χ0n) is 15.9. The summed E-state index contributed by atoms with van der Waals surface area (Å²) in [6.07, 6.45) is 1.47. The van der Waals surface area contributed by atoms with Crippen LogP contribution in [0.2, 0.25) is 0 Å². The monoisotopic (exact) mass is 387 g/mol. The molecule has 3 rings (SSSR count). The number of carbonyl (C=O) groups excluding carboxylic acids is 1. The highest BCUT2D eigenvalue weighted by atomic mass is 32.1. The lowest BCUT2D eigenvalue weighted by molar-refractivity contribution is 0.0788. The van der Waals surface area contributed by atoms with Crippen molar-refractivity contribution in [3.63, 3.8) is 0 Å². The van der Waals surface area contributed by atoms with E-state index in [0.29, 0.717) is 38.7 Å². The molecule has 0 saturated heterocycles. The number of carbonyl (C=O) groups is 1. The second-order valence-corrected chi connectivity index (χ2v) is 7.24. The number of fused-ring (bicyclic) bond motifs is 1. The molecule has 0 unspecified atom stereocenters. The topological polar surface area (TPSA) is 73.7 Å². The highest BCUT2D eigenvalue weighted by Crippen LogP contribution is 2.29. The standard InChI is InChI=1S/C19H21N3O4S/c1-11-15-17(20-10-22(3)18(15)23)27-16(11)19(24)21(2)9-12-6-7-13(25-4)8-14(12)26-5/h6-8,10H,9H2,1-5H3. The molecule has 0 aliphatic heterocycles. The van der Waals surface area contributed by atoms with E-state index < -0.39 is 0 Å². The van der Waals surface area contributed by atoms with E-state index in [1.54, 1.807) is 46.2 Å². The van der Waals surface area contributed by atoms with Crippen LogP contribution in [0.4, 0.5) is 0 Å². The number of rotatable bonds is 5. The number of benzene rings is 1. The van der Waals surface area contributed by atoms with Gasteiger partial charge in [0, 0.05) is 32.3 Å². The number of nitrogens with zero attached hydrogens (tertiary/aromatic N) is 3. The highest BCUT2D eigenvalue weighted by molar-refractivity contribution is 7.20. The van der Waals surface area contributed by atoms with Crippen LogP contribution in [-0.4, -0.2) is 41.6 Å². The Bertz CT molecular complexity index is 1070. The average molecular weight is 387 g/mol. The molecule has 0 aliphatic rings. The van der Waals surface area contributed by atoms with Gasteiger partial charge in [0.1, 0.15) is 16.3 Å². The summed E-state index contributed by atoms with van der Waals surface area (Å²) in [5, 5.41) is 0.503. The molecule has 0 fully saturated rings. The molecule has 2 heterocycles. The maximum Gasteiger partial charge on any atom is 0.264 e.